The van der Waals surface area contributed by atoms with Crippen molar-refractivity contribution in [2.75, 3.05) is 30.7 Å². The van der Waals surface area contributed by atoms with Gasteiger partial charge in [0.15, 0.2) is 10.9 Å². The molecule has 0 aromatic heterocycles. The van der Waals surface area contributed by atoms with Gasteiger partial charge >= 0.3 is 0 Å². The summed E-state index contributed by atoms with van der Waals surface area (Å²) in [4.78, 5) is 1.51. The topological polar surface area (TPSA) is 75.7 Å². The van der Waals surface area contributed by atoms with Gasteiger partial charge in [-0.25, -0.2) is 12.8 Å². The van der Waals surface area contributed by atoms with Crippen molar-refractivity contribution in [3.8, 4) is 11.5 Å². The lowest BCUT2D eigenvalue weighted by Gasteiger charge is -2.13. The first-order chi connectivity index (χ1) is 14.9. The molecule has 31 heavy (non-hydrogen) atoms. The molecule has 1 saturated heterocycles. The molecule has 0 N–H and O–H groups in total. The van der Waals surface area contributed by atoms with Gasteiger partial charge in [0.2, 0.25) is 0 Å². The minimum atomic E-state index is -4.58. The molecule has 2 aromatic rings. The van der Waals surface area contributed by atoms with Gasteiger partial charge in [-0.2, -0.15) is 0 Å². The molecule has 5 nitrogen and oxygen atoms in total. The van der Waals surface area contributed by atoms with Crippen LogP contribution in [-0.4, -0.2) is 43.7 Å². The van der Waals surface area contributed by atoms with Crippen LogP contribution in [0.5, 0.6) is 11.5 Å². The number of halogens is 1. The number of unbranched alkanes of at least 4 members (excludes halogenated alkanes) is 2. The molecule has 1 aliphatic rings. The van der Waals surface area contributed by atoms with Crippen molar-refractivity contribution in [3.63, 3.8) is 0 Å². The van der Waals surface area contributed by atoms with Gasteiger partial charge in [-0.3, -0.25) is 0 Å². The molecule has 8 heteroatoms. The maximum Gasteiger partial charge on any atom is 0.179 e. The number of hydrogen-bond acceptors (Lipinski definition) is 5. The van der Waals surface area contributed by atoms with Crippen molar-refractivity contribution in [3.05, 3.63) is 30.3 Å². The Morgan fingerprint density at radius 2 is 1.58 bits per heavy atom. The van der Waals surface area contributed by atoms with Crippen LogP contribution in [0.3, 0.4) is 0 Å². The Morgan fingerprint density at radius 1 is 0.968 bits per heavy atom. The summed E-state index contributed by atoms with van der Waals surface area (Å²) in [5.74, 6) is 4.70. The molecular formula is C23H33FO5S2. The SMILES string of the molecule is CCCCOc1ccc2c(OCCCC)ccc([S+]3CCCC3)c2c1.O=S(=O)([O-])CF. The molecule has 174 valence electrons. The first kappa shape index (κ1) is 25.7. The number of hydrogen-bond donors (Lipinski definition) is 0. The van der Waals surface area contributed by atoms with E-state index in [-0.39, 0.29) is 0 Å². The number of rotatable bonds is 10. The highest BCUT2D eigenvalue weighted by molar-refractivity contribution is 7.97. The van der Waals surface area contributed by atoms with Gasteiger partial charge in [0, 0.05) is 21.7 Å². The third-order valence-corrected chi connectivity index (χ3v) is 7.71. The fourth-order valence-electron chi connectivity index (χ4n) is 3.28. The lowest BCUT2D eigenvalue weighted by molar-refractivity contribution is 0.309. The van der Waals surface area contributed by atoms with Gasteiger partial charge in [-0.15, -0.1) is 0 Å². The smallest absolute Gasteiger partial charge is 0.179 e. The van der Waals surface area contributed by atoms with E-state index < -0.39 is 16.1 Å². The third kappa shape index (κ3) is 8.50. The summed E-state index contributed by atoms with van der Waals surface area (Å²) in [5, 5.41) is 2.59. The highest BCUT2D eigenvalue weighted by atomic mass is 32.2. The molecular weight excluding hydrogens is 439 g/mol. The van der Waals surface area contributed by atoms with Crippen molar-refractivity contribution in [2.24, 2.45) is 0 Å². The van der Waals surface area contributed by atoms with Gasteiger partial charge < -0.3 is 14.0 Å². The van der Waals surface area contributed by atoms with Crippen LogP contribution in [0.4, 0.5) is 4.39 Å². The lowest BCUT2D eigenvalue weighted by atomic mass is 10.1. The summed E-state index contributed by atoms with van der Waals surface area (Å²) in [7, 11) is -4.19. The Kier molecular flexibility index (Phi) is 10.9. The molecule has 3 rings (SSSR count). The van der Waals surface area contributed by atoms with Crippen molar-refractivity contribution in [2.45, 2.75) is 57.3 Å². The summed E-state index contributed by atoms with van der Waals surface area (Å²) in [6.07, 6.45) is 7.27. The maximum absolute atomic E-state index is 10.6. The highest BCUT2D eigenvalue weighted by Crippen LogP contribution is 2.36. The summed E-state index contributed by atoms with van der Waals surface area (Å²) in [6.45, 7) is 6.00. The number of alkyl halides is 1. The molecule has 0 spiro atoms. The largest absolute Gasteiger partial charge is 0.746 e. The molecule has 0 unspecified atom stereocenters. The molecule has 0 atom stereocenters. The van der Waals surface area contributed by atoms with E-state index in [9.17, 15) is 4.39 Å². The fourth-order valence-corrected chi connectivity index (χ4v) is 5.77. The first-order valence-corrected chi connectivity index (χ1v) is 14.0. The Hall–Kier alpha value is -1.51. The summed E-state index contributed by atoms with van der Waals surface area (Å²) < 4.78 is 49.9. The molecule has 0 bridgehead atoms. The van der Waals surface area contributed by atoms with E-state index >= 15 is 0 Å². The Bertz CT molecular complexity index is 912. The molecule has 1 fully saturated rings. The average molecular weight is 473 g/mol. The average Bonchev–Trinajstić information content (AvgIpc) is 3.28. The van der Waals surface area contributed by atoms with E-state index in [0.717, 1.165) is 50.4 Å². The monoisotopic (exact) mass is 472 g/mol. The minimum absolute atomic E-state index is 0.392. The minimum Gasteiger partial charge on any atom is -0.746 e. The van der Waals surface area contributed by atoms with E-state index in [1.54, 1.807) is 0 Å². The second-order valence-corrected chi connectivity index (χ2v) is 11.0. The van der Waals surface area contributed by atoms with Crippen molar-refractivity contribution >= 4 is 31.8 Å². The fraction of sp³-hybridized carbons (Fsp3) is 0.565. The zero-order valence-electron chi connectivity index (χ0n) is 18.4. The molecule has 0 radical (unpaired) electrons. The predicted octanol–water partition coefficient (Wildman–Crippen LogP) is 5.43. The Morgan fingerprint density at radius 3 is 2.16 bits per heavy atom. The molecule has 2 aromatic carbocycles. The normalized spacial score (nSPS) is 14.3. The molecule has 0 amide bonds. The van der Waals surface area contributed by atoms with Crippen LogP contribution in [0.2, 0.25) is 0 Å². The second-order valence-electron chi connectivity index (χ2n) is 7.45. The predicted molar refractivity (Wildman–Crippen MR) is 125 cm³/mol. The van der Waals surface area contributed by atoms with E-state index in [4.69, 9.17) is 22.4 Å². The summed E-state index contributed by atoms with van der Waals surface area (Å²) in [6, 6.07) is 9.24. The zero-order chi connectivity index (χ0) is 22.7. The summed E-state index contributed by atoms with van der Waals surface area (Å²) >= 11 is 0. The lowest BCUT2D eigenvalue weighted by Crippen LogP contribution is -2.06. The van der Waals surface area contributed by atoms with Gasteiger partial charge in [0.05, 0.1) is 13.2 Å². The Balaban J connectivity index is 0.000000501. The second kappa shape index (κ2) is 13.1. The highest BCUT2D eigenvalue weighted by Gasteiger charge is 2.29. The summed E-state index contributed by atoms with van der Waals surface area (Å²) in [5.41, 5.74) is 0. The molecule has 1 aliphatic heterocycles. The van der Waals surface area contributed by atoms with Crippen molar-refractivity contribution in [1.82, 2.24) is 0 Å². The van der Waals surface area contributed by atoms with Crippen LogP contribution < -0.4 is 9.47 Å². The first-order valence-electron chi connectivity index (χ1n) is 10.9. The van der Waals surface area contributed by atoms with E-state index in [1.807, 2.05) is 0 Å². The maximum atomic E-state index is 10.6. The van der Waals surface area contributed by atoms with E-state index in [0.29, 0.717) is 10.9 Å². The van der Waals surface area contributed by atoms with Crippen molar-refractivity contribution in [1.29, 1.82) is 0 Å². The van der Waals surface area contributed by atoms with Crippen LogP contribution in [0.25, 0.3) is 10.8 Å². The standard InChI is InChI=1S/C22H31O2S.CH3FO3S/c1-3-5-13-23-18-9-10-19-20(17-18)22(25-15-7-8-16-25)12-11-21(19)24-14-6-4-2;2-1-6(3,4)5/h9-12,17H,3-8,13-16H2,1-2H3;1H2,(H,3,4,5)/q+1;/p-1. The Labute approximate surface area is 188 Å². The zero-order valence-corrected chi connectivity index (χ0v) is 20.0. The van der Waals surface area contributed by atoms with Gasteiger partial charge in [0.1, 0.15) is 33.1 Å². The van der Waals surface area contributed by atoms with E-state index in [2.05, 4.69) is 44.2 Å². The van der Waals surface area contributed by atoms with Crippen LogP contribution in [-0.2, 0) is 21.0 Å². The third-order valence-electron chi connectivity index (χ3n) is 4.91. The number of ether oxygens (including phenoxy) is 2. The van der Waals surface area contributed by atoms with Crippen LogP contribution in [0, 0.1) is 0 Å². The quantitative estimate of drug-likeness (QED) is 0.262. The van der Waals surface area contributed by atoms with Crippen molar-refractivity contribution < 1.29 is 26.8 Å². The van der Waals surface area contributed by atoms with E-state index in [1.165, 1.54) is 40.0 Å². The molecule has 0 saturated carbocycles. The van der Waals surface area contributed by atoms with Gasteiger partial charge in [0.25, 0.3) is 0 Å². The van der Waals surface area contributed by atoms with Crippen LogP contribution in [0.15, 0.2) is 35.2 Å². The van der Waals surface area contributed by atoms with Gasteiger partial charge in [-0.1, -0.05) is 26.7 Å². The molecule has 1 heterocycles. The number of fused-ring (bicyclic) bond motifs is 1. The molecule has 0 aliphatic carbocycles. The van der Waals surface area contributed by atoms with Crippen LogP contribution in [0.1, 0.15) is 52.4 Å². The number of benzene rings is 2. The van der Waals surface area contributed by atoms with Gasteiger partial charge in [-0.05, 0) is 56.0 Å². The van der Waals surface area contributed by atoms with Crippen LogP contribution >= 0.6 is 0 Å².